The summed E-state index contributed by atoms with van der Waals surface area (Å²) < 4.78 is 28.4. The van der Waals surface area contributed by atoms with Crippen molar-refractivity contribution >= 4 is 26.0 Å². The number of primary sulfonamides is 1. The molecule has 82 valence electrons. The van der Waals surface area contributed by atoms with Gasteiger partial charge < -0.3 is 4.74 Å². The zero-order valence-corrected chi connectivity index (χ0v) is 10.1. The van der Waals surface area contributed by atoms with Crippen LogP contribution in [0.2, 0.25) is 0 Å². The highest BCUT2D eigenvalue weighted by atomic mass is 79.9. The standard InChI is InChI=1S/C8H9BrN2O3S/c9-6-3-4-11-8(15(10,12)13)7(6)14-5-1-2-5/h3-5H,1-2H2,(H2,10,12,13). The number of halogens is 1. The highest BCUT2D eigenvalue weighted by molar-refractivity contribution is 9.10. The number of aromatic nitrogens is 1. The van der Waals surface area contributed by atoms with Gasteiger partial charge >= 0.3 is 0 Å². The molecule has 0 aliphatic heterocycles. The van der Waals surface area contributed by atoms with Crippen molar-refractivity contribution in [1.82, 2.24) is 4.98 Å². The molecule has 1 aromatic heterocycles. The van der Waals surface area contributed by atoms with Crippen molar-refractivity contribution in [3.8, 4) is 5.75 Å². The normalized spacial score (nSPS) is 16.4. The molecule has 0 aromatic carbocycles. The molecule has 7 heteroatoms. The van der Waals surface area contributed by atoms with E-state index in [1.165, 1.54) is 6.20 Å². The van der Waals surface area contributed by atoms with Crippen molar-refractivity contribution in [2.45, 2.75) is 24.0 Å². The van der Waals surface area contributed by atoms with Crippen LogP contribution in [0.15, 0.2) is 21.8 Å². The minimum Gasteiger partial charge on any atom is -0.486 e. The molecular formula is C8H9BrN2O3S. The molecule has 1 saturated carbocycles. The van der Waals surface area contributed by atoms with E-state index in [1.54, 1.807) is 6.07 Å². The Morgan fingerprint density at radius 2 is 2.20 bits per heavy atom. The van der Waals surface area contributed by atoms with Crippen molar-refractivity contribution < 1.29 is 13.2 Å². The van der Waals surface area contributed by atoms with Gasteiger partial charge in [0.1, 0.15) is 0 Å². The van der Waals surface area contributed by atoms with Gasteiger partial charge in [-0.05, 0) is 34.8 Å². The van der Waals surface area contributed by atoms with Gasteiger partial charge in [0.15, 0.2) is 5.75 Å². The molecule has 0 atom stereocenters. The first-order chi connectivity index (χ1) is 6.98. The summed E-state index contributed by atoms with van der Waals surface area (Å²) in [6, 6.07) is 1.62. The van der Waals surface area contributed by atoms with Crippen LogP contribution in [0.5, 0.6) is 5.75 Å². The van der Waals surface area contributed by atoms with Crippen LogP contribution in [0.25, 0.3) is 0 Å². The second-order valence-corrected chi connectivity index (χ2v) is 5.62. The summed E-state index contributed by atoms with van der Waals surface area (Å²) in [5, 5.41) is 4.81. The molecule has 1 aliphatic rings. The van der Waals surface area contributed by atoms with Crippen LogP contribution in [0.1, 0.15) is 12.8 Å². The summed E-state index contributed by atoms with van der Waals surface area (Å²) in [7, 11) is -3.84. The van der Waals surface area contributed by atoms with E-state index in [1.807, 2.05) is 0 Å². The monoisotopic (exact) mass is 292 g/mol. The Morgan fingerprint density at radius 1 is 1.53 bits per heavy atom. The van der Waals surface area contributed by atoms with Gasteiger partial charge in [0.2, 0.25) is 5.03 Å². The smallest absolute Gasteiger partial charge is 0.259 e. The molecule has 0 radical (unpaired) electrons. The minimum atomic E-state index is -3.84. The summed E-state index contributed by atoms with van der Waals surface area (Å²) in [5.41, 5.74) is 0. The first-order valence-electron chi connectivity index (χ1n) is 4.32. The van der Waals surface area contributed by atoms with Crippen LogP contribution in [-0.4, -0.2) is 19.5 Å². The number of nitrogens with two attached hydrogens (primary N) is 1. The third-order valence-corrected chi connectivity index (χ3v) is 3.36. The third-order valence-electron chi connectivity index (χ3n) is 1.90. The molecule has 0 unspecified atom stereocenters. The molecule has 0 spiro atoms. The van der Waals surface area contributed by atoms with Crippen molar-refractivity contribution in [2.75, 3.05) is 0 Å². The summed E-state index contributed by atoms with van der Waals surface area (Å²) in [4.78, 5) is 3.72. The highest BCUT2D eigenvalue weighted by Crippen LogP contribution is 2.35. The van der Waals surface area contributed by atoms with Crippen LogP contribution in [0, 0.1) is 0 Å². The maximum absolute atomic E-state index is 11.2. The molecule has 5 nitrogen and oxygen atoms in total. The summed E-state index contributed by atoms with van der Waals surface area (Å²) in [6.07, 6.45) is 3.33. The van der Waals surface area contributed by atoms with Crippen molar-refractivity contribution in [2.24, 2.45) is 5.14 Å². The second-order valence-electron chi connectivity index (χ2n) is 3.29. The Labute approximate surface area is 95.8 Å². The summed E-state index contributed by atoms with van der Waals surface area (Å²) >= 11 is 3.21. The van der Waals surface area contributed by atoms with Gasteiger partial charge in [-0.15, -0.1) is 0 Å². The van der Waals surface area contributed by atoms with Gasteiger partial charge in [-0.25, -0.2) is 18.5 Å². The zero-order valence-electron chi connectivity index (χ0n) is 7.68. The molecule has 2 N–H and O–H groups in total. The first-order valence-corrected chi connectivity index (χ1v) is 6.66. The predicted molar refractivity (Wildman–Crippen MR) is 57.0 cm³/mol. The van der Waals surface area contributed by atoms with Gasteiger partial charge in [0.25, 0.3) is 10.0 Å². The van der Waals surface area contributed by atoms with E-state index >= 15 is 0 Å². The summed E-state index contributed by atoms with van der Waals surface area (Å²) in [6.45, 7) is 0. The molecule has 15 heavy (non-hydrogen) atoms. The van der Waals surface area contributed by atoms with E-state index in [2.05, 4.69) is 20.9 Å². The largest absolute Gasteiger partial charge is 0.486 e. The fourth-order valence-electron chi connectivity index (χ4n) is 1.07. The number of rotatable bonds is 3. The lowest BCUT2D eigenvalue weighted by Gasteiger charge is -2.09. The Hall–Kier alpha value is -0.660. The first kappa shape index (κ1) is 10.8. The number of pyridine rings is 1. The van der Waals surface area contributed by atoms with Gasteiger partial charge in [-0.3, -0.25) is 0 Å². The molecule has 1 heterocycles. The van der Waals surface area contributed by atoms with E-state index in [4.69, 9.17) is 9.88 Å². The number of hydrogen-bond acceptors (Lipinski definition) is 4. The maximum atomic E-state index is 11.2. The van der Waals surface area contributed by atoms with Gasteiger partial charge in [0.05, 0.1) is 10.6 Å². The number of nitrogens with zero attached hydrogens (tertiary/aromatic N) is 1. The van der Waals surface area contributed by atoms with Crippen LogP contribution >= 0.6 is 15.9 Å². The average Bonchev–Trinajstić information content (AvgIpc) is 2.90. The van der Waals surface area contributed by atoms with Crippen molar-refractivity contribution in [3.63, 3.8) is 0 Å². The Bertz CT molecular complexity index is 485. The molecule has 0 amide bonds. The van der Waals surface area contributed by atoms with Crippen LogP contribution in [0.4, 0.5) is 0 Å². The van der Waals surface area contributed by atoms with Crippen LogP contribution < -0.4 is 9.88 Å². The quantitative estimate of drug-likeness (QED) is 0.902. The van der Waals surface area contributed by atoms with Gasteiger partial charge in [-0.1, -0.05) is 0 Å². The number of sulfonamides is 1. The Balaban J connectivity index is 2.47. The Morgan fingerprint density at radius 3 is 2.73 bits per heavy atom. The van der Waals surface area contributed by atoms with Gasteiger partial charge in [0, 0.05) is 6.20 Å². The zero-order chi connectivity index (χ0) is 11.1. The molecule has 0 bridgehead atoms. The number of ether oxygens (including phenoxy) is 1. The lowest BCUT2D eigenvalue weighted by Crippen LogP contribution is -2.16. The van der Waals surface area contributed by atoms with Gasteiger partial charge in [-0.2, -0.15) is 0 Å². The number of hydrogen-bond donors (Lipinski definition) is 1. The summed E-state index contributed by atoms with van der Waals surface area (Å²) in [5.74, 6) is 0.211. The molecule has 1 aromatic rings. The van der Waals surface area contributed by atoms with Crippen molar-refractivity contribution in [3.05, 3.63) is 16.7 Å². The van der Waals surface area contributed by atoms with E-state index < -0.39 is 10.0 Å². The topological polar surface area (TPSA) is 82.3 Å². The maximum Gasteiger partial charge on any atom is 0.259 e. The lowest BCUT2D eigenvalue weighted by atomic mass is 10.4. The highest BCUT2D eigenvalue weighted by Gasteiger charge is 2.28. The molecular weight excluding hydrogens is 284 g/mol. The lowest BCUT2D eigenvalue weighted by molar-refractivity contribution is 0.290. The van der Waals surface area contributed by atoms with E-state index in [9.17, 15) is 8.42 Å². The van der Waals surface area contributed by atoms with Crippen LogP contribution in [0.3, 0.4) is 0 Å². The molecule has 0 saturated heterocycles. The predicted octanol–water partition coefficient (Wildman–Crippen LogP) is 1.03. The molecule has 2 rings (SSSR count). The SMILES string of the molecule is NS(=O)(=O)c1nccc(Br)c1OC1CC1. The second kappa shape index (κ2) is 3.73. The van der Waals surface area contributed by atoms with Crippen molar-refractivity contribution in [1.29, 1.82) is 0 Å². The van der Waals surface area contributed by atoms with E-state index in [0.717, 1.165) is 12.8 Å². The Kier molecular flexibility index (Phi) is 2.70. The van der Waals surface area contributed by atoms with E-state index in [0.29, 0.717) is 4.47 Å². The molecule has 1 aliphatic carbocycles. The fraction of sp³-hybridized carbons (Fsp3) is 0.375. The van der Waals surface area contributed by atoms with Crippen LogP contribution in [-0.2, 0) is 10.0 Å². The average molecular weight is 293 g/mol. The molecule has 1 fully saturated rings. The minimum absolute atomic E-state index is 0.0889. The fourth-order valence-corrected chi connectivity index (χ4v) is 2.22. The van der Waals surface area contributed by atoms with E-state index in [-0.39, 0.29) is 16.9 Å². The third kappa shape index (κ3) is 2.47.